The van der Waals surface area contributed by atoms with Crippen LogP contribution in [0.1, 0.15) is 6.42 Å². The lowest BCUT2D eigenvalue weighted by molar-refractivity contribution is 0.472. The van der Waals surface area contributed by atoms with Gasteiger partial charge in [-0.3, -0.25) is 0 Å². The molecular weight excluding hydrogens is 404 g/mol. The third-order valence-electron chi connectivity index (χ3n) is 3.14. The summed E-state index contributed by atoms with van der Waals surface area (Å²) in [7, 11) is -7.21. The first-order chi connectivity index (χ1) is 9.12. The zero-order chi connectivity index (χ0) is 15.1. The van der Waals surface area contributed by atoms with Gasteiger partial charge in [0.15, 0.2) is 9.84 Å². The number of rotatable bonds is 3. The summed E-state index contributed by atoms with van der Waals surface area (Å²) < 4.78 is 49.8. The maximum Gasteiger partial charge on any atom is 0.244 e. The number of benzene rings is 1. The molecule has 0 amide bonds. The Morgan fingerprint density at radius 1 is 1.29 bits per heavy atom. The summed E-state index contributed by atoms with van der Waals surface area (Å²) in [5, 5.41) is 0. The molecule has 2 N–H and O–H groups in total. The highest BCUT2D eigenvalue weighted by Crippen LogP contribution is 2.29. The maximum atomic E-state index is 12.5. The Morgan fingerprint density at radius 2 is 1.90 bits per heavy atom. The van der Waals surface area contributed by atoms with E-state index in [1.807, 2.05) is 0 Å². The van der Waals surface area contributed by atoms with Crippen LogP contribution in [0.15, 0.2) is 32.5 Å². The van der Waals surface area contributed by atoms with Crippen LogP contribution in [0, 0.1) is 0 Å². The molecule has 0 unspecified atom stereocenters. The number of halogens is 2. The number of sulfonamides is 1. The number of nitrogens with zero attached hydrogens (tertiary/aromatic N) is 1. The number of sulfone groups is 1. The van der Waals surface area contributed by atoms with Gasteiger partial charge in [0.25, 0.3) is 0 Å². The minimum Gasteiger partial charge on any atom is -0.326 e. The first-order valence-corrected chi connectivity index (χ1v) is 10.00. The lowest BCUT2D eigenvalue weighted by atomic mass is 10.3. The van der Waals surface area contributed by atoms with Gasteiger partial charge in [-0.05, 0) is 40.5 Å². The van der Waals surface area contributed by atoms with Gasteiger partial charge in [0, 0.05) is 29.9 Å². The lowest BCUT2D eigenvalue weighted by Gasteiger charge is -2.17. The van der Waals surface area contributed by atoms with E-state index >= 15 is 0 Å². The van der Waals surface area contributed by atoms with Gasteiger partial charge in [-0.1, -0.05) is 0 Å². The summed E-state index contributed by atoms with van der Waals surface area (Å²) in [6.07, 6.45) is 1.64. The molecule has 1 atom stereocenters. The van der Waals surface area contributed by atoms with Crippen molar-refractivity contribution in [3.05, 3.63) is 22.7 Å². The number of nitrogens with two attached hydrogens (primary N) is 1. The zero-order valence-corrected chi connectivity index (χ0v) is 15.2. The van der Waals surface area contributed by atoms with Gasteiger partial charge >= 0.3 is 0 Å². The molecule has 0 aliphatic carbocycles. The SMILES string of the molecule is CS(=O)(=O)c1ccc(Br)c(S(=O)(=O)N2CC[C@@H](N)C2)c1.Cl. The quantitative estimate of drug-likeness (QED) is 0.788. The summed E-state index contributed by atoms with van der Waals surface area (Å²) in [5.41, 5.74) is 5.72. The fraction of sp³-hybridized carbons (Fsp3) is 0.455. The summed E-state index contributed by atoms with van der Waals surface area (Å²) >= 11 is 3.16. The lowest BCUT2D eigenvalue weighted by Crippen LogP contribution is -2.32. The average Bonchev–Trinajstić information content (AvgIpc) is 2.75. The monoisotopic (exact) mass is 418 g/mol. The average molecular weight is 420 g/mol. The van der Waals surface area contributed by atoms with Crippen molar-refractivity contribution in [3.8, 4) is 0 Å². The van der Waals surface area contributed by atoms with E-state index in [0.717, 1.165) is 6.26 Å². The van der Waals surface area contributed by atoms with E-state index in [1.165, 1.54) is 22.5 Å². The van der Waals surface area contributed by atoms with Crippen LogP contribution < -0.4 is 5.73 Å². The normalized spacial score (nSPS) is 20.2. The van der Waals surface area contributed by atoms with Crippen LogP contribution in [0.25, 0.3) is 0 Å². The molecule has 0 bridgehead atoms. The van der Waals surface area contributed by atoms with Gasteiger partial charge in [0.2, 0.25) is 10.0 Å². The van der Waals surface area contributed by atoms with Crippen molar-refractivity contribution in [2.24, 2.45) is 5.73 Å². The van der Waals surface area contributed by atoms with Gasteiger partial charge in [0.05, 0.1) is 9.79 Å². The highest BCUT2D eigenvalue weighted by molar-refractivity contribution is 9.10. The van der Waals surface area contributed by atoms with Gasteiger partial charge in [0.1, 0.15) is 0 Å². The zero-order valence-electron chi connectivity index (χ0n) is 11.2. The standard InChI is InChI=1S/C11H15BrN2O4S2.ClH/c1-19(15,16)9-2-3-10(12)11(6-9)20(17,18)14-5-4-8(13)7-14;/h2-3,6,8H,4-5,7,13H2,1H3;1H/t8-;/m1./s1. The van der Waals surface area contributed by atoms with Crippen LogP contribution in [0.5, 0.6) is 0 Å². The van der Waals surface area contributed by atoms with Crippen LogP contribution >= 0.6 is 28.3 Å². The fourth-order valence-electron chi connectivity index (χ4n) is 2.02. The Labute approximate surface area is 139 Å². The van der Waals surface area contributed by atoms with Gasteiger partial charge in [-0.25, -0.2) is 16.8 Å². The molecule has 6 nitrogen and oxygen atoms in total. The van der Waals surface area contributed by atoms with E-state index in [0.29, 0.717) is 17.4 Å². The summed E-state index contributed by atoms with van der Waals surface area (Å²) in [5.74, 6) is 0. The van der Waals surface area contributed by atoms with Crippen LogP contribution in [0.3, 0.4) is 0 Å². The Balaban J connectivity index is 0.00000220. The van der Waals surface area contributed by atoms with Crippen molar-refractivity contribution in [1.82, 2.24) is 4.31 Å². The molecule has 0 saturated carbocycles. The summed E-state index contributed by atoms with van der Waals surface area (Å²) in [6, 6.07) is 3.80. The van der Waals surface area contributed by atoms with Crippen molar-refractivity contribution in [3.63, 3.8) is 0 Å². The predicted octanol–water partition coefficient (Wildman–Crippen LogP) is 0.996. The highest BCUT2D eigenvalue weighted by Gasteiger charge is 2.32. The molecule has 0 radical (unpaired) electrons. The van der Waals surface area contributed by atoms with E-state index < -0.39 is 19.9 Å². The molecule has 2 rings (SSSR count). The molecule has 10 heteroatoms. The highest BCUT2D eigenvalue weighted by atomic mass is 79.9. The van der Waals surface area contributed by atoms with Crippen LogP contribution in [-0.4, -0.2) is 46.5 Å². The third kappa shape index (κ3) is 3.96. The van der Waals surface area contributed by atoms with Crippen molar-refractivity contribution < 1.29 is 16.8 Å². The Bertz CT molecular complexity index is 737. The van der Waals surface area contributed by atoms with E-state index in [-0.39, 0.29) is 34.8 Å². The first-order valence-electron chi connectivity index (χ1n) is 5.88. The van der Waals surface area contributed by atoms with Gasteiger partial charge < -0.3 is 5.73 Å². The number of hydrogen-bond acceptors (Lipinski definition) is 5. The molecule has 21 heavy (non-hydrogen) atoms. The number of hydrogen-bond donors (Lipinski definition) is 1. The largest absolute Gasteiger partial charge is 0.326 e. The van der Waals surface area contributed by atoms with E-state index in [4.69, 9.17) is 5.73 Å². The molecule has 1 aromatic rings. The smallest absolute Gasteiger partial charge is 0.244 e. The van der Waals surface area contributed by atoms with Crippen molar-refractivity contribution in [2.45, 2.75) is 22.3 Å². The second-order valence-corrected chi connectivity index (χ2v) is 9.55. The van der Waals surface area contributed by atoms with Gasteiger partial charge in [-0.2, -0.15) is 4.31 Å². The molecule has 0 spiro atoms. The maximum absolute atomic E-state index is 12.5. The fourth-order valence-corrected chi connectivity index (χ4v) is 5.21. The second-order valence-electron chi connectivity index (χ2n) is 4.78. The van der Waals surface area contributed by atoms with Crippen molar-refractivity contribution in [1.29, 1.82) is 0 Å². The minimum atomic E-state index is -3.74. The molecule has 1 fully saturated rings. The summed E-state index contributed by atoms with van der Waals surface area (Å²) in [6.45, 7) is 0.594. The Hall–Kier alpha value is -0.190. The molecule has 1 aliphatic rings. The van der Waals surface area contributed by atoms with Crippen LogP contribution in [-0.2, 0) is 19.9 Å². The Morgan fingerprint density at radius 3 is 2.38 bits per heavy atom. The van der Waals surface area contributed by atoms with Crippen molar-refractivity contribution in [2.75, 3.05) is 19.3 Å². The molecule has 1 aliphatic heterocycles. The van der Waals surface area contributed by atoms with Crippen LogP contribution in [0.4, 0.5) is 0 Å². The van der Waals surface area contributed by atoms with Gasteiger partial charge in [-0.15, -0.1) is 12.4 Å². The molecule has 1 heterocycles. The van der Waals surface area contributed by atoms with Crippen molar-refractivity contribution >= 4 is 48.2 Å². The summed E-state index contributed by atoms with van der Waals surface area (Å²) in [4.78, 5) is -0.0719. The minimum absolute atomic E-state index is 0. The predicted molar refractivity (Wildman–Crippen MR) is 85.9 cm³/mol. The molecule has 120 valence electrons. The van der Waals surface area contributed by atoms with E-state index in [9.17, 15) is 16.8 Å². The Kier molecular flexibility index (Phi) is 5.85. The van der Waals surface area contributed by atoms with Crippen LogP contribution in [0.2, 0.25) is 0 Å². The molecule has 1 saturated heterocycles. The first kappa shape index (κ1) is 18.9. The van der Waals surface area contributed by atoms with E-state index in [1.54, 1.807) is 0 Å². The molecular formula is C11H16BrClN2O4S2. The topological polar surface area (TPSA) is 97.5 Å². The third-order valence-corrected chi connectivity index (χ3v) is 7.11. The molecule has 0 aromatic heterocycles. The second kappa shape index (κ2) is 6.51. The van der Waals surface area contributed by atoms with E-state index in [2.05, 4.69) is 15.9 Å². The molecule has 1 aromatic carbocycles.